The van der Waals surface area contributed by atoms with E-state index in [1.807, 2.05) is 71.6 Å². The summed E-state index contributed by atoms with van der Waals surface area (Å²) in [4.78, 5) is 27.5. The second-order valence-corrected chi connectivity index (χ2v) is 10.6. The summed E-state index contributed by atoms with van der Waals surface area (Å²) in [6.07, 6.45) is 1.58. The minimum absolute atomic E-state index is 0.0633. The highest BCUT2D eigenvalue weighted by atomic mass is 79.9. The maximum absolute atomic E-state index is 13.2. The highest BCUT2D eigenvalue weighted by molar-refractivity contribution is 9.10. The molecule has 3 aromatic carbocycles. The molecule has 1 amide bonds. The lowest BCUT2D eigenvalue weighted by atomic mass is 10.0. The van der Waals surface area contributed by atoms with Gasteiger partial charge < -0.3 is 9.80 Å². The number of halogens is 2. The quantitative estimate of drug-likeness (QED) is 0.262. The van der Waals surface area contributed by atoms with Crippen LogP contribution in [0.4, 0.5) is 5.82 Å². The van der Waals surface area contributed by atoms with Crippen molar-refractivity contribution in [3.63, 3.8) is 0 Å². The number of benzene rings is 3. The summed E-state index contributed by atoms with van der Waals surface area (Å²) < 4.78 is 0.909. The van der Waals surface area contributed by atoms with Crippen molar-refractivity contribution in [3.8, 4) is 11.4 Å². The third kappa shape index (κ3) is 6.03. The average Bonchev–Trinajstić information content (AvgIpc) is 3.17. The topological polar surface area (TPSA) is 49.3 Å². The lowest BCUT2D eigenvalue weighted by molar-refractivity contribution is 0.0767. The summed E-state index contributed by atoms with van der Waals surface area (Å²) in [5.41, 5.74) is 4.92. The zero-order valence-electron chi connectivity index (χ0n) is 20.7. The Morgan fingerprint density at radius 1 is 0.919 bits per heavy atom. The minimum Gasteiger partial charge on any atom is -0.354 e. The monoisotopic (exact) mass is 574 g/mol. The number of aryl methyl sites for hydroxylation is 1. The van der Waals surface area contributed by atoms with Gasteiger partial charge in [0.05, 0.1) is 0 Å². The first kappa shape index (κ1) is 25.4. The summed E-state index contributed by atoms with van der Waals surface area (Å²) >= 11 is 9.61. The summed E-state index contributed by atoms with van der Waals surface area (Å²) in [6, 6.07) is 25.6. The number of anilines is 1. The first-order chi connectivity index (χ1) is 18.0. The van der Waals surface area contributed by atoms with Gasteiger partial charge in [-0.15, -0.1) is 0 Å². The molecular formula is C30H28BrClN4O. The number of nitrogens with zero attached hydrogens (tertiary/aromatic N) is 4. The molecule has 2 heterocycles. The normalized spacial score (nSPS) is 13.9. The Hall–Kier alpha value is -3.22. The molecule has 0 radical (unpaired) electrons. The van der Waals surface area contributed by atoms with Crippen molar-refractivity contribution in [2.75, 3.05) is 31.1 Å². The molecule has 1 fully saturated rings. The maximum atomic E-state index is 13.2. The van der Waals surface area contributed by atoms with Crippen LogP contribution in [0.15, 0.2) is 83.3 Å². The molecule has 1 saturated heterocycles. The zero-order valence-corrected chi connectivity index (χ0v) is 23.0. The van der Waals surface area contributed by atoms with Crippen LogP contribution < -0.4 is 4.90 Å². The second-order valence-electron chi connectivity index (χ2n) is 9.25. The lowest BCUT2D eigenvalue weighted by Crippen LogP contribution is -2.35. The highest BCUT2D eigenvalue weighted by Gasteiger charge is 2.24. The van der Waals surface area contributed by atoms with Crippen LogP contribution in [0.3, 0.4) is 0 Å². The Morgan fingerprint density at radius 2 is 1.70 bits per heavy atom. The van der Waals surface area contributed by atoms with E-state index in [9.17, 15) is 4.79 Å². The Kier molecular flexibility index (Phi) is 7.87. The van der Waals surface area contributed by atoms with E-state index < -0.39 is 0 Å². The third-order valence-corrected chi connectivity index (χ3v) is 7.42. The van der Waals surface area contributed by atoms with Crippen LogP contribution in [0.2, 0.25) is 5.02 Å². The number of hydrogen-bond acceptors (Lipinski definition) is 4. The van der Waals surface area contributed by atoms with Crippen molar-refractivity contribution in [2.24, 2.45) is 0 Å². The molecule has 4 aromatic rings. The summed E-state index contributed by atoms with van der Waals surface area (Å²) in [5.74, 6) is 1.73. The van der Waals surface area contributed by atoms with Crippen LogP contribution in [0, 0.1) is 6.92 Å². The van der Waals surface area contributed by atoms with Crippen LogP contribution in [0.5, 0.6) is 0 Å². The molecule has 5 nitrogen and oxygen atoms in total. The molecule has 0 spiro atoms. The molecule has 0 N–H and O–H groups in total. The van der Waals surface area contributed by atoms with Gasteiger partial charge in [0.2, 0.25) is 0 Å². The minimum atomic E-state index is 0.0633. The number of aromatic nitrogens is 2. The van der Waals surface area contributed by atoms with Crippen molar-refractivity contribution in [2.45, 2.75) is 19.8 Å². The SMILES string of the molecule is Cc1nc(-c2ccccc2)nc(N2CCCN(C(=O)c3cccc(Br)c3)CC2)c1Cc1ccc(Cl)cc1. The number of carbonyl (C=O) groups is 1. The number of carbonyl (C=O) groups excluding carboxylic acids is 1. The predicted octanol–water partition coefficient (Wildman–Crippen LogP) is 6.81. The Labute approximate surface area is 231 Å². The van der Waals surface area contributed by atoms with Gasteiger partial charge in [0.1, 0.15) is 5.82 Å². The van der Waals surface area contributed by atoms with Gasteiger partial charge in [0, 0.05) is 64.5 Å². The molecule has 188 valence electrons. The predicted molar refractivity (Wildman–Crippen MR) is 153 cm³/mol. The molecule has 1 aromatic heterocycles. The smallest absolute Gasteiger partial charge is 0.253 e. The third-order valence-electron chi connectivity index (χ3n) is 6.67. The van der Waals surface area contributed by atoms with Gasteiger partial charge in [-0.1, -0.05) is 76.1 Å². The fourth-order valence-corrected chi connectivity index (χ4v) is 5.23. The molecule has 0 bridgehead atoms. The number of rotatable bonds is 5. The maximum Gasteiger partial charge on any atom is 0.253 e. The fraction of sp³-hybridized carbons (Fsp3) is 0.233. The molecule has 0 aliphatic carbocycles. The molecule has 0 unspecified atom stereocenters. The van der Waals surface area contributed by atoms with Gasteiger partial charge in [-0.25, -0.2) is 9.97 Å². The summed E-state index contributed by atoms with van der Waals surface area (Å²) in [6.45, 7) is 4.93. The van der Waals surface area contributed by atoms with Gasteiger partial charge in [0.25, 0.3) is 5.91 Å². The summed E-state index contributed by atoms with van der Waals surface area (Å²) in [5, 5.41) is 0.721. The molecule has 7 heteroatoms. The zero-order chi connectivity index (χ0) is 25.8. The first-order valence-corrected chi connectivity index (χ1v) is 13.6. The largest absolute Gasteiger partial charge is 0.354 e. The van der Waals surface area contributed by atoms with Crippen LogP contribution in [0.1, 0.15) is 33.6 Å². The Balaban J connectivity index is 1.46. The molecule has 37 heavy (non-hydrogen) atoms. The number of amides is 1. The van der Waals surface area contributed by atoms with E-state index in [-0.39, 0.29) is 5.91 Å². The van der Waals surface area contributed by atoms with E-state index in [0.29, 0.717) is 31.6 Å². The number of hydrogen-bond donors (Lipinski definition) is 0. The first-order valence-electron chi connectivity index (χ1n) is 12.4. The van der Waals surface area contributed by atoms with Crippen LogP contribution >= 0.6 is 27.5 Å². The lowest BCUT2D eigenvalue weighted by Gasteiger charge is -2.26. The molecule has 0 saturated carbocycles. The summed E-state index contributed by atoms with van der Waals surface area (Å²) in [7, 11) is 0. The van der Waals surface area contributed by atoms with Crippen molar-refractivity contribution in [1.29, 1.82) is 0 Å². The van der Waals surface area contributed by atoms with Gasteiger partial charge in [-0.3, -0.25) is 4.79 Å². The molecule has 1 aliphatic rings. The van der Waals surface area contributed by atoms with E-state index in [0.717, 1.165) is 56.5 Å². The van der Waals surface area contributed by atoms with E-state index in [1.54, 1.807) is 0 Å². The van der Waals surface area contributed by atoms with Crippen molar-refractivity contribution >= 4 is 39.3 Å². The van der Waals surface area contributed by atoms with Gasteiger partial charge in [-0.05, 0) is 49.2 Å². The van der Waals surface area contributed by atoms with Crippen molar-refractivity contribution < 1.29 is 4.79 Å². The molecule has 1 aliphatic heterocycles. The van der Waals surface area contributed by atoms with Crippen molar-refractivity contribution in [1.82, 2.24) is 14.9 Å². The Morgan fingerprint density at radius 3 is 2.46 bits per heavy atom. The van der Waals surface area contributed by atoms with Gasteiger partial charge in [0.15, 0.2) is 5.82 Å². The Bertz CT molecular complexity index is 1390. The van der Waals surface area contributed by atoms with Crippen LogP contribution in [0.25, 0.3) is 11.4 Å². The van der Waals surface area contributed by atoms with Crippen LogP contribution in [-0.4, -0.2) is 47.0 Å². The average molecular weight is 576 g/mol. The van der Waals surface area contributed by atoms with E-state index in [2.05, 4.69) is 39.9 Å². The second kappa shape index (κ2) is 11.4. The van der Waals surface area contributed by atoms with Crippen molar-refractivity contribution in [3.05, 3.63) is 111 Å². The molecular weight excluding hydrogens is 548 g/mol. The molecule has 0 atom stereocenters. The van der Waals surface area contributed by atoms with Gasteiger partial charge >= 0.3 is 0 Å². The molecule has 5 rings (SSSR count). The highest BCUT2D eigenvalue weighted by Crippen LogP contribution is 2.29. The van der Waals surface area contributed by atoms with E-state index >= 15 is 0 Å². The van der Waals surface area contributed by atoms with Gasteiger partial charge in [-0.2, -0.15) is 0 Å². The fourth-order valence-electron chi connectivity index (χ4n) is 4.71. The van der Waals surface area contributed by atoms with E-state index in [4.69, 9.17) is 21.6 Å². The standard InChI is InChI=1S/C30H28BrClN4O/c1-21-27(19-22-11-13-26(32)14-12-22)29(34-28(33-21)23-7-3-2-4-8-23)35-15-6-16-36(18-17-35)30(37)24-9-5-10-25(31)20-24/h2-5,7-14,20H,6,15-19H2,1H3. The van der Waals surface area contributed by atoms with E-state index in [1.165, 1.54) is 0 Å². The van der Waals surface area contributed by atoms with Crippen LogP contribution in [-0.2, 0) is 6.42 Å².